The van der Waals surface area contributed by atoms with Crippen LogP contribution >= 0.6 is 0 Å². The van der Waals surface area contributed by atoms with Gasteiger partial charge in [-0.05, 0) is 6.07 Å². The highest BCUT2D eigenvalue weighted by Gasteiger charge is 2.11. The molecule has 0 radical (unpaired) electrons. The Bertz CT molecular complexity index is 375. The van der Waals surface area contributed by atoms with Gasteiger partial charge in [-0.25, -0.2) is 0 Å². The average molecular weight is 181 g/mol. The molecule has 2 N–H and O–H groups in total. The van der Waals surface area contributed by atoms with E-state index in [1.54, 1.807) is 0 Å². The fraction of sp³-hybridized carbons (Fsp3) is 0. The van der Waals surface area contributed by atoms with Crippen molar-refractivity contribution in [2.24, 2.45) is 0 Å². The maximum atomic E-state index is 10.3. The summed E-state index contributed by atoms with van der Waals surface area (Å²) in [5.74, 6) is -1.47. The summed E-state index contributed by atoms with van der Waals surface area (Å²) in [5, 5.41) is 20.6. The summed E-state index contributed by atoms with van der Waals surface area (Å²) in [6.45, 7) is 0. The number of anilines is 1. The second-order valence-corrected chi connectivity index (χ2v) is 2.32. The third-order valence-electron chi connectivity index (χ3n) is 1.46. The summed E-state index contributed by atoms with van der Waals surface area (Å²) < 4.78 is 0. The zero-order valence-electron chi connectivity index (χ0n) is 6.39. The second-order valence-electron chi connectivity index (χ2n) is 2.32. The van der Waals surface area contributed by atoms with Crippen molar-refractivity contribution >= 4 is 17.3 Å². The molecule has 0 spiro atoms. The summed E-state index contributed by atoms with van der Waals surface area (Å²) >= 11 is 0. The third kappa shape index (κ3) is 1.73. The molecule has 0 unspecified atom stereocenters. The van der Waals surface area contributed by atoms with Crippen LogP contribution in [0.4, 0.5) is 11.4 Å². The summed E-state index contributed by atoms with van der Waals surface area (Å²) in [5.41, 5.74) is 4.47. The molecule has 0 fully saturated rings. The van der Waals surface area contributed by atoms with Crippen LogP contribution in [-0.4, -0.2) is 10.9 Å². The third-order valence-corrected chi connectivity index (χ3v) is 1.46. The highest BCUT2D eigenvalue weighted by molar-refractivity contribution is 5.87. The molecule has 0 heterocycles. The first kappa shape index (κ1) is 8.98. The van der Waals surface area contributed by atoms with E-state index < -0.39 is 16.6 Å². The van der Waals surface area contributed by atoms with Gasteiger partial charge >= 0.3 is 0 Å². The monoisotopic (exact) mass is 181 g/mol. The number of nitrogens with zero attached hydrogens (tertiary/aromatic N) is 1. The van der Waals surface area contributed by atoms with Gasteiger partial charge in [0.15, 0.2) is 0 Å². The number of rotatable bonds is 2. The summed E-state index contributed by atoms with van der Waals surface area (Å²) in [6.07, 6.45) is 0. The van der Waals surface area contributed by atoms with Gasteiger partial charge in [0.2, 0.25) is 0 Å². The number of nitro groups is 1. The van der Waals surface area contributed by atoms with E-state index in [2.05, 4.69) is 0 Å². The quantitative estimate of drug-likeness (QED) is 0.377. The first-order valence-corrected chi connectivity index (χ1v) is 3.27. The van der Waals surface area contributed by atoms with Crippen molar-refractivity contribution in [2.45, 2.75) is 0 Å². The average Bonchev–Trinajstić information content (AvgIpc) is 2.04. The van der Waals surface area contributed by atoms with Gasteiger partial charge < -0.3 is 15.6 Å². The molecule has 1 aromatic rings. The fourth-order valence-electron chi connectivity index (χ4n) is 0.829. The number of carbonyl (C=O) groups excluding carboxylic acids is 1. The molecule has 0 amide bonds. The molecule has 0 aliphatic heterocycles. The summed E-state index contributed by atoms with van der Waals surface area (Å²) in [7, 11) is 0. The van der Waals surface area contributed by atoms with Crippen LogP contribution in [0, 0.1) is 10.1 Å². The lowest BCUT2D eigenvalue weighted by atomic mass is 10.2. The number of aromatic carboxylic acids is 1. The molecule has 0 bridgehead atoms. The summed E-state index contributed by atoms with van der Waals surface area (Å²) in [6, 6.07) is 3.17. The minimum absolute atomic E-state index is 0.0741. The Morgan fingerprint density at radius 1 is 1.46 bits per heavy atom. The van der Waals surface area contributed by atoms with E-state index in [4.69, 9.17) is 5.73 Å². The minimum atomic E-state index is -1.47. The Balaban J connectivity index is 3.27. The standard InChI is InChI=1S/C7H6N2O4/c8-5-2-1-4(7(10)11)3-6(5)9(12)13/h1-3H,8H2,(H,10,11)/p-1. The maximum absolute atomic E-state index is 10.3. The number of nitrogens with two attached hydrogens (primary N) is 1. The van der Waals surface area contributed by atoms with Crippen LogP contribution in [0.3, 0.4) is 0 Å². The Hall–Kier alpha value is -2.11. The molecule has 0 aliphatic rings. The van der Waals surface area contributed by atoms with Gasteiger partial charge in [0.05, 0.1) is 10.9 Å². The van der Waals surface area contributed by atoms with E-state index in [9.17, 15) is 20.0 Å². The number of carbonyl (C=O) groups is 1. The lowest BCUT2D eigenvalue weighted by molar-refractivity contribution is -0.384. The van der Waals surface area contributed by atoms with Gasteiger partial charge in [-0.1, -0.05) is 6.07 Å². The SMILES string of the molecule is Nc1ccc(C(=O)[O-])cc1[N+](=O)[O-]. The van der Waals surface area contributed by atoms with Gasteiger partial charge in [0.1, 0.15) is 5.69 Å². The van der Waals surface area contributed by atoms with Crippen LogP contribution in [-0.2, 0) is 0 Å². The molecule has 6 heteroatoms. The number of carboxylic acids is 1. The van der Waals surface area contributed by atoms with E-state index in [0.717, 1.165) is 18.2 Å². The number of hydrogen-bond acceptors (Lipinski definition) is 5. The highest BCUT2D eigenvalue weighted by Crippen LogP contribution is 2.21. The van der Waals surface area contributed by atoms with Crippen molar-refractivity contribution in [1.29, 1.82) is 0 Å². The molecule has 68 valence electrons. The topological polar surface area (TPSA) is 109 Å². The Morgan fingerprint density at radius 2 is 2.08 bits per heavy atom. The van der Waals surface area contributed by atoms with Gasteiger partial charge in [0, 0.05) is 11.6 Å². The van der Waals surface area contributed by atoms with E-state index in [1.807, 2.05) is 0 Å². The lowest BCUT2D eigenvalue weighted by Crippen LogP contribution is -2.22. The molecule has 6 nitrogen and oxygen atoms in total. The van der Waals surface area contributed by atoms with Crippen molar-refractivity contribution in [2.75, 3.05) is 5.73 Å². The van der Waals surface area contributed by atoms with Crippen molar-refractivity contribution in [1.82, 2.24) is 0 Å². The normalized spacial score (nSPS) is 9.54. The van der Waals surface area contributed by atoms with E-state index in [-0.39, 0.29) is 11.3 Å². The second kappa shape index (κ2) is 3.10. The van der Waals surface area contributed by atoms with Crippen LogP contribution < -0.4 is 10.8 Å². The molecule has 0 saturated carbocycles. The van der Waals surface area contributed by atoms with Crippen LogP contribution in [0.2, 0.25) is 0 Å². The number of nitrogen functional groups attached to an aromatic ring is 1. The van der Waals surface area contributed by atoms with Gasteiger partial charge in [-0.2, -0.15) is 0 Å². The van der Waals surface area contributed by atoms with Gasteiger partial charge in [-0.3, -0.25) is 10.1 Å². The molecule has 13 heavy (non-hydrogen) atoms. The van der Waals surface area contributed by atoms with Crippen molar-refractivity contribution in [3.05, 3.63) is 33.9 Å². The molecular formula is C7H5N2O4-. The molecular weight excluding hydrogens is 176 g/mol. The molecule has 1 rings (SSSR count). The Kier molecular flexibility index (Phi) is 2.14. The van der Waals surface area contributed by atoms with Crippen molar-refractivity contribution < 1.29 is 14.8 Å². The smallest absolute Gasteiger partial charge is 0.292 e. The molecule has 0 aliphatic carbocycles. The van der Waals surface area contributed by atoms with Crippen LogP contribution in [0.1, 0.15) is 10.4 Å². The molecule has 0 saturated heterocycles. The number of benzene rings is 1. The van der Waals surface area contributed by atoms with Crippen molar-refractivity contribution in [3.63, 3.8) is 0 Å². The minimum Gasteiger partial charge on any atom is -0.545 e. The van der Waals surface area contributed by atoms with E-state index >= 15 is 0 Å². The van der Waals surface area contributed by atoms with Crippen LogP contribution in [0.5, 0.6) is 0 Å². The molecule has 0 aromatic heterocycles. The predicted molar refractivity (Wildman–Crippen MR) is 41.8 cm³/mol. The van der Waals surface area contributed by atoms with Gasteiger partial charge in [0.25, 0.3) is 5.69 Å². The zero-order chi connectivity index (χ0) is 10.0. The molecule has 0 atom stereocenters. The Morgan fingerprint density at radius 3 is 2.54 bits per heavy atom. The largest absolute Gasteiger partial charge is 0.545 e. The van der Waals surface area contributed by atoms with Gasteiger partial charge in [-0.15, -0.1) is 0 Å². The lowest BCUT2D eigenvalue weighted by Gasteiger charge is -2.02. The van der Waals surface area contributed by atoms with Crippen molar-refractivity contribution in [3.8, 4) is 0 Å². The first-order valence-electron chi connectivity index (χ1n) is 3.27. The maximum Gasteiger partial charge on any atom is 0.292 e. The number of hydrogen-bond donors (Lipinski definition) is 1. The number of carboxylic acid groups (broad SMARTS) is 1. The van der Waals surface area contributed by atoms with Crippen LogP contribution in [0.25, 0.3) is 0 Å². The predicted octanol–water partition coefficient (Wildman–Crippen LogP) is -0.460. The first-order chi connectivity index (χ1) is 6.02. The molecule has 1 aromatic carbocycles. The zero-order valence-corrected chi connectivity index (χ0v) is 6.39. The highest BCUT2D eigenvalue weighted by atomic mass is 16.6. The van der Waals surface area contributed by atoms with E-state index in [0.29, 0.717) is 0 Å². The number of nitro benzene ring substituents is 1. The fourth-order valence-corrected chi connectivity index (χ4v) is 0.829. The van der Waals surface area contributed by atoms with E-state index in [1.165, 1.54) is 0 Å². The Labute approximate surface area is 72.7 Å². The summed E-state index contributed by atoms with van der Waals surface area (Å²) in [4.78, 5) is 19.9. The van der Waals surface area contributed by atoms with Crippen LogP contribution in [0.15, 0.2) is 18.2 Å².